The van der Waals surface area contributed by atoms with Crippen LogP contribution in [-0.2, 0) is 9.53 Å². The van der Waals surface area contributed by atoms with Crippen molar-refractivity contribution in [3.05, 3.63) is 48.0 Å². The number of amides is 2. The molecule has 0 aliphatic carbocycles. The van der Waals surface area contributed by atoms with E-state index in [-0.39, 0.29) is 17.9 Å². The molecule has 2 aromatic carbocycles. The number of hydrogen-bond donors (Lipinski definition) is 2. The number of rotatable bonds is 7. The lowest BCUT2D eigenvalue weighted by Gasteiger charge is -2.15. The van der Waals surface area contributed by atoms with Crippen LogP contribution in [0.15, 0.2) is 47.4 Å². The van der Waals surface area contributed by atoms with E-state index in [1.54, 1.807) is 36.0 Å². The van der Waals surface area contributed by atoms with Gasteiger partial charge in [-0.1, -0.05) is 12.1 Å². The summed E-state index contributed by atoms with van der Waals surface area (Å²) < 4.78 is 11.0. The summed E-state index contributed by atoms with van der Waals surface area (Å²) in [5.74, 6) is 0.935. The highest BCUT2D eigenvalue weighted by Gasteiger charge is 2.18. The van der Waals surface area contributed by atoms with Crippen LogP contribution in [0.25, 0.3) is 0 Å². The number of carbonyl (C=O) groups excluding carboxylic acids is 2. The fourth-order valence-electron chi connectivity index (χ4n) is 3.01. The number of nitrogens with one attached hydrogen (secondary N) is 2. The molecule has 6 nitrogen and oxygen atoms in total. The molecule has 1 aliphatic heterocycles. The van der Waals surface area contributed by atoms with Gasteiger partial charge in [-0.25, -0.2) is 0 Å². The van der Waals surface area contributed by atoms with Gasteiger partial charge >= 0.3 is 0 Å². The minimum atomic E-state index is -0.228. The number of hydrogen-bond acceptors (Lipinski definition) is 5. The van der Waals surface area contributed by atoms with Gasteiger partial charge in [0.05, 0.1) is 24.5 Å². The smallest absolute Gasteiger partial charge is 0.256 e. The highest BCUT2D eigenvalue weighted by Crippen LogP contribution is 2.31. The molecule has 0 saturated carbocycles. The predicted octanol–water partition coefficient (Wildman–Crippen LogP) is 4.18. The summed E-state index contributed by atoms with van der Waals surface area (Å²) in [5.41, 5.74) is 1.68. The molecule has 2 amide bonds. The number of thioether (sulfide) groups is 1. The first-order valence-electron chi connectivity index (χ1n) is 9.17. The standard InChI is InChI=1S/C21H24N2O4S/c1-14(24)22-15-9-10-19(26-2)18(12-15)23-21(25)17-7-3-4-8-20(17)28-13-16-6-5-11-27-16/h3-4,7-10,12,16H,5-6,11,13H2,1-2H3,(H,22,24)(H,23,25). The molecule has 1 atom stereocenters. The third-order valence-electron chi connectivity index (χ3n) is 4.35. The molecule has 1 aliphatic rings. The lowest BCUT2D eigenvalue weighted by atomic mass is 10.2. The Morgan fingerprint density at radius 3 is 2.75 bits per heavy atom. The van der Waals surface area contributed by atoms with Crippen LogP contribution in [0, 0.1) is 0 Å². The normalized spacial score (nSPS) is 15.9. The van der Waals surface area contributed by atoms with Crippen molar-refractivity contribution < 1.29 is 19.1 Å². The van der Waals surface area contributed by atoms with Gasteiger partial charge in [0.25, 0.3) is 5.91 Å². The first kappa shape index (κ1) is 20.2. The molecular formula is C21H24N2O4S. The molecule has 1 fully saturated rings. The quantitative estimate of drug-likeness (QED) is 0.682. The van der Waals surface area contributed by atoms with Crippen LogP contribution < -0.4 is 15.4 Å². The zero-order valence-corrected chi connectivity index (χ0v) is 16.8. The SMILES string of the molecule is COc1ccc(NC(C)=O)cc1NC(=O)c1ccccc1SCC1CCCO1. The average Bonchev–Trinajstić information content (AvgIpc) is 3.20. The fraction of sp³-hybridized carbons (Fsp3) is 0.333. The first-order valence-corrected chi connectivity index (χ1v) is 10.2. The van der Waals surface area contributed by atoms with E-state index in [0.717, 1.165) is 30.1 Å². The molecule has 1 unspecified atom stereocenters. The number of benzene rings is 2. The molecule has 7 heteroatoms. The first-order chi connectivity index (χ1) is 13.6. The molecule has 2 aromatic rings. The summed E-state index contributed by atoms with van der Waals surface area (Å²) >= 11 is 1.63. The zero-order valence-electron chi connectivity index (χ0n) is 16.0. The van der Waals surface area contributed by atoms with Gasteiger partial charge < -0.3 is 20.1 Å². The van der Waals surface area contributed by atoms with Crippen molar-refractivity contribution in [2.24, 2.45) is 0 Å². The van der Waals surface area contributed by atoms with Gasteiger partial charge in [-0.2, -0.15) is 0 Å². The molecule has 1 saturated heterocycles. The Morgan fingerprint density at radius 1 is 1.21 bits per heavy atom. The van der Waals surface area contributed by atoms with E-state index in [4.69, 9.17) is 9.47 Å². The maximum atomic E-state index is 12.9. The van der Waals surface area contributed by atoms with E-state index in [0.29, 0.717) is 22.7 Å². The minimum Gasteiger partial charge on any atom is -0.495 e. The fourth-order valence-corrected chi connectivity index (χ4v) is 4.13. The molecule has 0 aromatic heterocycles. The van der Waals surface area contributed by atoms with Crippen molar-refractivity contribution >= 4 is 35.0 Å². The number of anilines is 2. The van der Waals surface area contributed by atoms with Gasteiger partial charge in [-0.3, -0.25) is 9.59 Å². The second-order valence-corrected chi connectivity index (χ2v) is 7.55. The van der Waals surface area contributed by atoms with E-state index in [9.17, 15) is 9.59 Å². The summed E-state index contributed by atoms with van der Waals surface area (Å²) in [4.78, 5) is 25.1. The Balaban J connectivity index is 1.76. The second kappa shape index (κ2) is 9.61. The third kappa shape index (κ3) is 5.27. The Morgan fingerprint density at radius 2 is 2.04 bits per heavy atom. The molecule has 2 N–H and O–H groups in total. The van der Waals surface area contributed by atoms with E-state index in [1.165, 1.54) is 14.0 Å². The maximum absolute atomic E-state index is 12.9. The van der Waals surface area contributed by atoms with Crippen molar-refractivity contribution in [3.63, 3.8) is 0 Å². The van der Waals surface area contributed by atoms with Gasteiger partial charge in [-0.05, 0) is 43.2 Å². The highest BCUT2D eigenvalue weighted by atomic mass is 32.2. The van der Waals surface area contributed by atoms with Crippen LogP contribution in [0.4, 0.5) is 11.4 Å². The molecular weight excluding hydrogens is 376 g/mol. The van der Waals surface area contributed by atoms with Crippen LogP contribution in [0.5, 0.6) is 5.75 Å². The average molecular weight is 401 g/mol. The van der Waals surface area contributed by atoms with Crippen molar-refractivity contribution in [3.8, 4) is 5.75 Å². The molecule has 3 rings (SSSR count). The Kier molecular flexibility index (Phi) is 6.95. The van der Waals surface area contributed by atoms with Gasteiger partial charge in [0.15, 0.2) is 0 Å². The summed E-state index contributed by atoms with van der Waals surface area (Å²) in [7, 11) is 1.54. The largest absolute Gasteiger partial charge is 0.495 e. The third-order valence-corrected chi connectivity index (χ3v) is 5.55. The number of ether oxygens (including phenoxy) is 2. The van der Waals surface area contributed by atoms with Crippen LogP contribution in [0.2, 0.25) is 0 Å². The molecule has 0 bridgehead atoms. The van der Waals surface area contributed by atoms with Gasteiger partial charge in [0, 0.05) is 29.9 Å². The lowest BCUT2D eigenvalue weighted by Crippen LogP contribution is -2.15. The number of methoxy groups -OCH3 is 1. The molecule has 0 spiro atoms. The Bertz CT molecular complexity index is 850. The highest BCUT2D eigenvalue weighted by molar-refractivity contribution is 7.99. The van der Waals surface area contributed by atoms with Crippen LogP contribution in [0.3, 0.4) is 0 Å². The molecule has 148 valence electrons. The van der Waals surface area contributed by atoms with Gasteiger partial charge in [0.1, 0.15) is 5.75 Å². The van der Waals surface area contributed by atoms with E-state index < -0.39 is 0 Å². The topological polar surface area (TPSA) is 76.7 Å². The lowest BCUT2D eigenvalue weighted by molar-refractivity contribution is -0.114. The van der Waals surface area contributed by atoms with Crippen molar-refractivity contribution in [1.82, 2.24) is 0 Å². The van der Waals surface area contributed by atoms with E-state index in [2.05, 4.69) is 10.6 Å². The maximum Gasteiger partial charge on any atom is 0.256 e. The van der Waals surface area contributed by atoms with E-state index >= 15 is 0 Å². The minimum absolute atomic E-state index is 0.182. The Labute approximate surface area is 169 Å². The Hall–Kier alpha value is -2.51. The monoisotopic (exact) mass is 400 g/mol. The van der Waals surface area contributed by atoms with Gasteiger partial charge in [0.2, 0.25) is 5.91 Å². The molecule has 28 heavy (non-hydrogen) atoms. The summed E-state index contributed by atoms with van der Waals surface area (Å²) in [6, 6.07) is 12.6. The van der Waals surface area contributed by atoms with Crippen LogP contribution >= 0.6 is 11.8 Å². The second-order valence-electron chi connectivity index (χ2n) is 6.49. The van der Waals surface area contributed by atoms with E-state index in [1.807, 2.05) is 18.2 Å². The summed E-state index contributed by atoms with van der Waals surface area (Å²) in [6.07, 6.45) is 2.40. The molecule has 1 heterocycles. The van der Waals surface area contributed by atoms with Crippen molar-refractivity contribution in [1.29, 1.82) is 0 Å². The zero-order chi connectivity index (χ0) is 19.9. The molecule has 0 radical (unpaired) electrons. The summed E-state index contributed by atoms with van der Waals surface area (Å²) in [6.45, 7) is 2.25. The predicted molar refractivity (Wildman–Crippen MR) is 111 cm³/mol. The van der Waals surface area contributed by atoms with Crippen LogP contribution in [0.1, 0.15) is 30.1 Å². The van der Waals surface area contributed by atoms with Gasteiger partial charge in [-0.15, -0.1) is 11.8 Å². The van der Waals surface area contributed by atoms with Crippen molar-refractivity contribution in [2.45, 2.75) is 30.8 Å². The van der Waals surface area contributed by atoms with Crippen molar-refractivity contribution in [2.75, 3.05) is 30.1 Å². The number of carbonyl (C=O) groups is 2. The summed E-state index contributed by atoms with van der Waals surface area (Å²) in [5, 5.41) is 5.61. The van der Waals surface area contributed by atoms with Crippen LogP contribution in [-0.4, -0.2) is 37.4 Å².